The van der Waals surface area contributed by atoms with Gasteiger partial charge in [-0.1, -0.05) is 31.0 Å². The number of benzene rings is 2. The van der Waals surface area contributed by atoms with Gasteiger partial charge in [0.1, 0.15) is 5.75 Å². The number of hydrogen-bond donors (Lipinski definition) is 2. The van der Waals surface area contributed by atoms with Gasteiger partial charge in [-0.3, -0.25) is 9.69 Å². The lowest BCUT2D eigenvalue weighted by Gasteiger charge is -2.50. The minimum Gasteiger partial charge on any atom is -0.490 e. The number of fused-ring (bicyclic) bond motifs is 4. The SMILES string of the molecule is C[C@@H]1[C@@H](C)CCC[C@@H]([C@H]2OC[C@@](CO)(N(C)C)CO2)[C@@H]2CC[C@H]2CN2C[C@@]3(CCCc4cc(Cl)ccc43)COc3ccc(cc32)C(=O)NS1(=O)=O. The molecule has 0 aromatic heterocycles. The molecule has 5 aliphatic rings. The van der Waals surface area contributed by atoms with Crippen molar-refractivity contribution in [2.75, 3.05) is 58.5 Å². The van der Waals surface area contributed by atoms with Crippen molar-refractivity contribution in [1.82, 2.24) is 9.62 Å². The van der Waals surface area contributed by atoms with E-state index >= 15 is 0 Å². The number of amides is 1. The summed E-state index contributed by atoms with van der Waals surface area (Å²) in [6.45, 7) is 6.32. The minimum absolute atomic E-state index is 0.0562. The Morgan fingerprint density at radius 2 is 1.78 bits per heavy atom. The Bertz CT molecular complexity index is 1710. The van der Waals surface area contributed by atoms with Crippen LogP contribution in [0.15, 0.2) is 36.4 Å². The summed E-state index contributed by atoms with van der Waals surface area (Å²) < 4.78 is 49.1. The van der Waals surface area contributed by atoms with Crippen molar-refractivity contribution < 1.29 is 32.5 Å². The van der Waals surface area contributed by atoms with Crippen LogP contribution < -0.4 is 14.4 Å². The zero-order chi connectivity index (χ0) is 36.1. The highest BCUT2D eigenvalue weighted by Crippen LogP contribution is 2.49. The zero-order valence-electron chi connectivity index (χ0n) is 30.4. The number of anilines is 1. The Hall–Kier alpha value is -2.41. The fourth-order valence-electron chi connectivity index (χ4n) is 9.28. The summed E-state index contributed by atoms with van der Waals surface area (Å²) in [5.41, 5.74) is 2.78. The predicted octanol–water partition coefficient (Wildman–Crippen LogP) is 5.39. The number of aryl methyl sites for hydroxylation is 1. The van der Waals surface area contributed by atoms with Gasteiger partial charge >= 0.3 is 0 Å². The maximum Gasteiger partial charge on any atom is 0.264 e. The number of sulfonamides is 1. The Kier molecular flexibility index (Phi) is 10.5. The first-order chi connectivity index (χ1) is 24.3. The Balaban J connectivity index is 1.26. The van der Waals surface area contributed by atoms with Crippen LogP contribution in [0, 0.1) is 23.7 Å². The van der Waals surface area contributed by atoms with E-state index in [0.717, 1.165) is 62.2 Å². The second kappa shape index (κ2) is 14.4. The normalized spacial score (nSPS) is 35.5. The van der Waals surface area contributed by atoms with Crippen LogP contribution >= 0.6 is 11.6 Å². The summed E-state index contributed by atoms with van der Waals surface area (Å²) in [5, 5.41) is 10.3. The number of hydrogen-bond acceptors (Lipinski definition) is 9. The van der Waals surface area contributed by atoms with E-state index in [1.807, 2.05) is 44.1 Å². The van der Waals surface area contributed by atoms with Gasteiger partial charge < -0.3 is 24.2 Å². The molecule has 3 heterocycles. The molecule has 12 heteroatoms. The van der Waals surface area contributed by atoms with Crippen LogP contribution in [0.25, 0.3) is 0 Å². The lowest BCUT2D eigenvalue weighted by molar-refractivity contribution is -0.267. The molecule has 0 radical (unpaired) electrons. The molecule has 1 saturated heterocycles. The number of ether oxygens (including phenoxy) is 3. The van der Waals surface area contributed by atoms with Gasteiger partial charge in [0.25, 0.3) is 5.91 Å². The topological polar surface area (TPSA) is 118 Å². The van der Waals surface area contributed by atoms with E-state index < -0.39 is 33.0 Å². The van der Waals surface area contributed by atoms with Crippen molar-refractivity contribution in [2.45, 2.75) is 87.7 Å². The van der Waals surface area contributed by atoms with Crippen LogP contribution in [0.2, 0.25) is 5.02 Å². The van der Waals surface area contributed by atoms with Crippen molar-refractivity contribution >= 4 is 33.2 Å². The third-order valence-corrected chi connectivity index (χ3v) is 15.3. The monoisotopic (exact) mass is 743 g/mol. The average Bonchev–Trinajstić information content (AvgIpc) is 3.25. The largest absolute Gasteiger partial charge is 0.490 e. The standard InChI is InChI=1S/C39H54ClN3O7S/c1-25-7-5-9-32(37-49-23-39(21-44,24-50-37)42(3)4)31-13-10-29(31)19-43-20-38(16-6-8-27-17-30(40)12-14-33(27)38)22-48-35-15-11-28(18-34(35)43)36(45)41-51(46,47)26(25)2/h11-12,14-15,17-18,25-26,29,31-32,37,44H,5-10,13,16,19-24H2,1-4H3,(H,41,45)/t25-,26+,29-,31+,32+,37-,38-,39+/m0/s1. The van der Waals surface area contributed by atoms with Crippen molar-refractivity contribution in [1.29, 1.82) is 0 Å². The van der Waals surface area contributed by atoms with E-state index in [1.54, 1.807) is 13.0 Å². The molecular formula is C39H54ClN3O7S. The number of carbonyl (C=O) groups is 1. The number of likely N-dealkylation sites (N-methyl/N-ethyl adjacent to an activating group) is 1. The van der Waals surface area contributed by atoms with Gasteiger partial charge in [0.15, 0.2) is 6.29 Å². The lowest BCUT2D eigenvalue weighted by Crippen LogP contribution is -2.60. The molecule has 2 aliphatic carbocycles. The fraction of sp³-hybridized carbons (Fsp3) is 0.667. The van der Waals surface area contributed by atoms with Crippen molar-refractivity contribution in [3.63, 3.8) is 0 Å². The van der Waals surface area contributed by atoms with E-state index in [2.05, 4.69) is 21.8 Å². The van der Waals surface area contributed by atoms with Crippen LogP contribution in [-0.4, -0.2) is 95.0 Å². The number of carbonyl (C=O) groups excluding carboxylic acids is 1. The Labute approximate surface area is 308 Å². The predicted molar refractivity (Wildman–Crippen MR) is 198 cm³/mol. The van der Waals surface area contributed by atoms with Crippen LogP contribution in [0.4, 0.5) is 5.69 Å². The molecule has 3 aliphatic heterocycles. The van der Waals surface area contributed by atoms with Gasteiger partial charge in [-0.25, -0.2) is 13.1 Å². The highest BCUT2D eigenvalue weighted by molar-refractivity contribution is 7.90. The first-order valence-electron chi connectivity index (χ1n) is 18.7. The summed E-state index contributed by atoms with van der Waals surface area (Å²) in [7, 11) is -0.0537. The maximum absolute atomic E-state index is 13.6. The second-order valence-electron chi connectivity index (χ2n) is 16.3. The summed E-state index contributed by atoms with van der Waals surface area (Å²) in [5.74, 6) is 0.739. The first kappa shape index (κ1) is 36.9. The van der Waals surface area contributed by atoms with Crippen molar-refractivity contribution in [3.8, 4) is 5.75 Å². The van der Waals surface area contributed by atoms with Crippen LogP contribution in [0.3, 0.4) is 0 Å². The highest BCUT2D eigenvalue weighted by atomic mass is 35.5. The van der Waals surface area contributed by atoms with Crippen molar-refractivity contribution in [2.24, 2.45) is 23.7 Å². The minimum atomic E-state index is -3.94. The quantitative estimate of drug-likeness (QED) is 0.427. The van der Waals surface area contributed by atoms with Gasteiger partial charge in [0.05, 0.1) is 42.9 Å². The van der Waals surface area contributed by atoms with Crippen LogP contribution in [0.1, 0.15) is 80.3 Å². The molecular weight excluding hydrogens is 690 g/mol. The van der Waals surface area contributed by atoms with Gasteiger partial charge in [0.2, 0.25) is 10.0 Å². The van der Waals surface area contributed by atoms with Crippen LogP contribution in [-0.2, 0) is 31.3 Å². The molecule has 2 N–H and O–H groups in total. The maximum atomic E-state index is 13.6. The van der Waals surface area contributed by atoms with Gasteiger partial charge in [-0.2, -0.15) is 0 Å². The molecule has 2 bridgehead atoms. The summed E-state index contributed by atoms with van der Waals surface area (Å²) >= 11 is 6.47. The molecule has 10 nitrogen and oxygen atoms in total. The lowest BCUT2D eigenvalue weighted by atomic mass is 9.64. The van der Waals surface area contributed by atoms with Gasteiger partial charge in [-0.15, -0.1) is 0 Å². The molecule has 1 amide bonds. The number of aliphatic hydroxyl groups is 1. The molecule has 280 valence electrons. The Morgan fingerprint density at radius 1 is 1.00 bits per heavy atom. The summed E-state index contributed by atoms with van der Waals surface area (Å²) in [6, 6.07) is 11.5. The molecule has 6 atom stereocenters. The van der Waals surface area contributed by atoms with Crippen LogP contribution in [0.5, 0.6) is 5.75 Å². The number of rotatable bonds is 3. The molecule has 0 unspecified atom stereocenters. The molecule has 1 spiro atoms. The smallest absolute Gasteiger partial charge is 0.264 e. The number of nitrogens with one attached hydrogen (secondary N) is 1. The van der Waals surface area contributed by atoms with E-state index in [4.69, 9.17) is 25.8 Å². The number of aliphatic hydroxyl groups excluding tert-OH is 1. The molecule has 2 aromatic carbocycles. The van der Waals surface area contributed by atoms with Gasteiger partial charge in [-0.05, 0) is 125 Å². The van der Waals surface area contributed by atoms with E-state index in [1.165, 1.54) is 11.1 Å². The summed E-state index contributed by atoms with van der Waals surface area (Å²) in [6.07, 6.45) is 7.04. The molecule has 2 fully saturated rings. The average molecular weight is 744 g/mol. The van der Waals surface area contributed by atoms with Crippen molar-refractivity contribution in [3.05, 3.63) is 58.1 Å². The van der Waals surface area contributed by atoms with E-state index in [0.29, 0.717) is 55.9 Å². The van der Waals surface area contributed by atoms with E-state index in [9.17, 15) is 18.3 Å². The third-order valence-electron chi connectivity index (χ3n) is 13.1. The molecule has 51 heavy (non-hydrogen) atoms. The fourth-order valence-corrected chi connectivity index (χ4v) is 10.8. The Morgan fingerprint density at radius 3 is 2.49 bits per heavy atom. The molecule has 1 saturated carbocycles. The number of halogens is 1. The highest BCUT2D eigenvalue weighted by Gasteiger charge is 2.48. The zero-order valence-corrected chi connectivity index (χ0v) is 32.0. The van der Waals surface area contributed by atoms with Gasteiger partial charge in [0, 0.05) is 35.0 Å². The molecule has 2 aromatic rings. The first-order valence-corrected chi connectivity index (χ1v) is 20.7. The third kappa shape index (κ3) is 7.03. The van der Waals surface area contributed by atoms with E-state index in [-0.39, 0.29) is 23.9 Å². The number of nitrogens with zero attached hydrogens (tertiary/aromatic N) is 2. The molecule has 7 rings (SSSR count). The summed E-state index contributed by atoms with van der Waals surface area (Å²) in [4.78, 5) is 18.0. The second-order valence-corrected chi connectivity index (χ2v) is 18.8.